The Morgan fingerprint density at radius 3 is 2.73 bits per heavy atom. The van der Waals surface area contributed by atoms with Crippen LogP contribution >= 0.6 is 35.6 Å². The maximum atomic E-state index is 6.05. The number of halogens is 2. The Morgan fingerprint density at radius 1 is 1.35 bits per heavy atom. The molecule has 1 N–H and O–H groups in total. The number of ether oxygens (including phenoxy) is 1. The number of aryl methyl sites for hydroxylation is 2. The van der Waals surface area contributed by atoms with E-state index in [0.717, 1.165) is 48.4 Å². The molecule has 0 saturated heterocycles. The van der Waals surface area contributed by atoms with Crippen LogP contribution in [0.1, 0.15) is 17.7 Å². The summed E-state index contributed by atoms with van der Waals surface area (Å²) in [5.41, 5.74) is 2.43. The molecule has 0 amide bonds. The maximum Gasteiger partial charge on any atom is 0.193 e. The minimum Gasteiger partial charge on any atom is -0.497 e. The molecule has 2 rings (SSSR count). The van der Waals surface area contributed by atoms with Gasteiger partial charge in [0.25, 0.3) is 0 Å². The van der Waals surface area contributed by atoms with Gasteiger partial charge in [-0.2, -0.15) is 0 Å². The second-order valence-corrected chi connectivity index (χ2v) is 6.48. The molecular formula is C19H28ClIN4O. The van der Waals surface area contributed by atoms with Gasteiger partial charge in [0.2, 0.25) is 0 Å². The van der Waals surface area contributed by atoms with Crippen LogP contribution in [0.3, 0.4) is 0 Å². The standard InChI is InChI=1S/C19H27ClN4O.HI/c1-21-19(24(3)14-17-12-16(20)13-23(17)2)22-10-6-8-15-7-5-9-18(11-15)25-4;/h5,7,9,11-13H,6,8,10,14H2,1-4H3,(H,21,22);1H. The lowest BCUT2D eigenvalue weighted by Gasteiger charge is -2.22. The lowest BCUT2D eigenvalue weighted by molar-refractivity contribution is 0.414. The summed E-state index contributed by atoms with van der Waals surface area (Å²) in [6.07, 6.45) is 3.93. The third-order valence-electron chi connectivity index (χ3n) is 4.11. The van der Waals surface area contributed by atoms with E-state index < -0.39 is 0 Å². The fraction of sp³-hybridized carbons (Fsp3) is 0.421. The average Bonchev–Trinajstić information content (AvgIpc) is 2.92. The van der Waals surface area contributed by atoms with Gasteiger partial charge < -0.3 is 19.5 Å². The molecule has 5 nitrogen and oxygen atoms in total. The first kappa shape index (κ1) is 22.6. The van der Waals surface area contributed by atoms with Crippen molar-refractivity contribution >= 4 is 41.5 Å². The van der Waals surface area contributed by atoms with Crippen LogP contribution in [-0.2, 0) is 20.0 Å². The van der Waals surface area contributed by atoms with Gasteiger partial charge in [0.15, 0.2) is 5.96 Å². The minimum absolute atomic E-state index is 0. The fourth-order valence-corrected chi connectivity index (χ4v) is 3.02. The van der Waals surface area contributed by atoms with E-state index in [-0.39, 0.29) is 24.0 Å². The normalized spacial score (nSPS) is 11.0. The van der Waals surface area contributed by atoms with Gasteiger partial charge in [0.1, 0.15) is 5.75 Å². The quantitative estimate of drug-likeness (QED) is 0.277. The van der Waals surface area contributed by atoms with E-state index in [1.807, 2.05) is 43.1 Å². The summed E-state index contributed by atoms with van der Waals surface area (Å²) < 4.78 is 7.30. The molecule has 0 aliphatic rings. The SMILES string of the molecule is CN=C(NCCCc1cccc(OC)c1)N(C)Cc1cc(Cl)cn1C.I. The van der Waals surface area contributed by atoms with E-state index >= 15 is 0 Å². The number of nitrogens with zero attached hydrogens (tertiary/aromatic N) is 3. The van der Waals surface area contributed by atoms with Crippen LogP contribution in [0.15, 0.2) is 41.5 Å². The van der Waals surface area contributed by atoms with Crippen molar-refractivity contribution in [2.45, 2.75) is 19.4 Å². The molecule has 0 fully saturated rings. The molecule has 7 heteroatoms. The third kappa shape index (κ3) is 6.72. The van der Waals surface area contributed by atoms with Crippen LogP contribution in [0.5, 0.6) is 5.75 Å². The molecule has 0 spiro atoms. The smallest absolute Gasteiger partial charge is 0.193 e. The second kappa shape index (κ2) is 11.3. The number of nitrogens with one attached hydrogen (secondary N) is 1. The van der Waals surface area contributed by atoms with Gasteiger partial charge in [-0.3, -0.25) is 4.99 Å². The van der Waals surface area contributed by atoms with E-state index in [1.54, 1.807) is 14.2 Å². The van der Waals surface area contributed by atoms with E-state index in [1.165, 1.54) is 5.56 Å². The highest BCUT2D eigenvalue weighted by atomic mass is 127. The molecule has 144 valence electrons. The summed E-state index contributed by atoms with van der Waals surface area (Å²) in [5.74, 6) is 1.78. The predicted molar refractivity (Wildman–Crippen MR) is 120 cm³/mol. The molecule has 0 aliphatic heterocycles. The lowest BCUT2D eigenvalue weighted by Crippen LogP contribution is -2.39. The van der Waals surface area contributed by atoms with Gasteiger partial charge in [0.05, 0.1) is 18.7 Å². The van der Waals surface area contributed by atoms with Crippen molar-refractivity contribution < 1.29 is 4.74 Å². The summed E-state index contributed by atoms with van der Waals surface area (Å²) in [4.78, 5) is 6.46. The molecule has 0 aliphatic carbocycles. The zero-order chi connectivity index (χ0) is 18.2. The zero-order valence-corrected chi connectivity index (χ0v) is 18.9. The van der Waals surface area contributed by atoms with Crippen molar-refractivity contribution in [2.75, 3.05) is 27.7 Å². The van der Waals surface area contributed by atoms with Gasteiger partial charge in [-0.05, 0) is 36.6 Å². The van der Waals surface area contributed by atoms with E-state index in [2.05, 4.69) is 27.3 Å². The minimum atomic E-state index is 0. The summed E-state index contributed by atoms with van der Waals surface area (Å²) in [6, 6.07) is 10.2. The Hall–Kier alpha value is -1.41. The summed E-state index contributed by atoms with van der Waals surface area (Å²) in [7, 11) is 7.52. The Labute approximate surface area is 178 Å². The number of hydrogen-bond acceptors (Lipinski definition) is 2. The van der Waals surface area contributed by atoms with Crippen molar-refractivity contribution in [1.29, 1.82) is 0 Å². The van der Waals surface area contributed by atoms with Crippen LogP contribution in [0.25, 0.3) is 0 Å². The molecule has 0 radical (unpaired) electrons. The van der Waals surface area contributed by atoms with Crippen molar-refractivity contribution in [2.24, 2.45) is 12.0 Å². The monoisotopic (exact) mass is 490 g/mol. The van der Waals surface area contributed by atoms with Crippen LogP contribution < -0.4 is 10.1 Å². The number of methoxy groups -OCH3 is 1. The first-order valence-electron chi connectivity index (χ1n) is 8.39. The number of hydrogen-bond donors (Lipinski definition) is 1. The van der Waals surface area contributed by atoms with Crippen LogP contribution in [0.4, 0.5) is 0 Å². The van der Waals surface area contributed by atoms with E-state index in [9.17, 15) is 0 Å². The van der Waals surface area contributed by atoms with Crippen LogP contribution in [0.2, 0.25) is 5.02 Å². The molecular weight excluding hydrogens is 463 g/mol. The maximum absolute atomic E-state index is 6.05. The highest BCUT2D eigenvalue weighted by molar-refractivity contribution is 14.0. The van der Waals surface area contributed by atoms with Crippen molar-refractivity contribution in [3.63, 3.8) is 0 Å². The summed E-state index contributed by atoms with van der Waals surface area (Å²) in [6.45, 7) is 1.61. The third-order valence-corrected chi connectivity index (χ3v) is 4.31. The Balaban J connectivity index is 0.00000338. The van der Waals surface area contributed by atoms with Crippen LogP contribution in [0, 0.1) is 0 Å². The fourth-order valence-electron chi connectivity index (χ4n) is 2.75. The Kier molecular flexibility index (Phi) is 9.87. The molecule has 0 saturated carbocycles. The number of guanidine groups is 1. The Bertz CT molecular complexity index is 717. The highest BCUT2D eigenvalue weighted by Crippen LogP contribution is 2.15. The highest BCUT2D eigenvalue weighted by Gasteiger charge is 2.09. The average molecular weight is 491 g/mol. The zero-order valence-electron chi connectivity index (χ0n) is 15.8. The van der Waals surface area contributed by atoms with Gasteiger partial charge in [0, 0.05) is 39.6 Å². The molecule has 26 heavy (non-hydrogen) atoms. The lowest BCUT2D eigenvalue weighted by atomic mass is 10.1. The van der Waals surface area contributed by atoms with Gasteiger partial charge in [-0.15, -0.1) is 24.0 Å². The predicted octanol–water partition coefficient (Wildman–Crippen LogP) is 3.95. The molecule has 1 aromatic heterocycles. The number of benzene rings is 1. The Morgan fingerprint density at radius 2 is 2.12 bits per heavy atom. The second-order valence-electron chi connectivity index (χ2n) is 6.05. The molecule has 0 unspecified atom stereocenters. The largest absolute Gasteiger partial charge is 0.497 e. The van der Waals surface area contributed by atoms with Crippen molar-refractivity contribution in [3.05, 3.63) is 52.8 Å². The van der Waals surface area contributed by atoms with Crippen molar-refractivity contribution in [3.8, 4) is 5.75 Å². The van der Waals surface area contributed by atoms with E-state index in [4.69, 9.17) is 16.3 Å². The number of rotatable bonds is 7. The topological polar surface area (TPSA) is 41.8 Å². The summed E-state index contributed by atoms with van der Waals surface area (Å²) >= 11 is 6.05. The molecule has 0 bridgehead atoms. The van der Waals surface area contributed by atoms with E-state index in [0.29, 0.717) is 0 Å². The van der Waals surface area contributed by atoms with Gasteiger partial charge in [-0.25, -0.2) is 0 Å². The number of aliphatic imine (C=N–C) groups is 1. The van der Waals surface area contributed by atoms with Crippen molar-refractivity contribution in [1.82, 2.24) is 14.8 Å². The molecule has 0 atom stereocenters. The first-order valence-corrected chi connectivity index (χ1v) is 8.76. The van der Waals surface area contributed by atoms with Crippen LogP contribution in [-0.4, -0.2) is 43.2 Å². The molecule has 1 aromatic carbocycles. The molecule has 1 heterocycles. The molecule has 2 aromatic rings. The summed E-state index contributed by atoms with van der Waals surface area (Å²) in [5, 5.41) is 4.17. The number of aromatic nitrogens is 1. The first-order chi connectivity index (χ1) is 12.0. The van der Waals surface area contributed by atoms with Gasteiger partial charge in [-0.1, -0.05) is 23.7 Å². The van der Waals surface area contributed by atoms with Gasteiger partial charge >= 0.3 is 0 Å².